The molecule has 8 heteroatoms. The summed E-state index contributed by atoms with van der Waals surface area (Å²) >= 11 is 0. The minimum Gasteiger partial charge on any atom is -0.320 e. The van der Waals surface area contributed by atoms with Crippen LogP contribution in [0.1, 0.15) is 23.0 Å². The number of aryl methyl sites for hydroxylation is 1. The highest BCUT2D eigenvalue weighted by atomic mass is 19.4. The Morgan fingerprint density at radius 3 is 2.70 bits per heavy atom. The van der Waals surface area contributed by atoms with E-state index in [1.54, 1.807) is 6.07 Å². The zero-order chi connectivity index (χ0) is 14.8. The third kappa shape index (κ3) is 2.79. The second-order valence-electron chi connectivity index (χ2n) is 3.92. The Labute approximate surface area is 112 Å². The van der Waals surface area contributed by atoms with Crippen molar-refractivity contribution in [1.82, 2.24) is 14.8 Å². The molecule has 1 N–H and O–H groups in total. The lowest BCUT2D eigenvalue weighted by Crippen LogP contribution is -2.21. The number of hydrogen-bond donors (Lipinski definition) is 1. The first-order valence-electron chi connectivity index (χ1n) is 5.78. The summed E-state index contributed by atoms with van der Waals surface area (Å²) in [5.74, 6) is -0.870. The molecule has 0 unspecified atom stereocenters. The summed E-state index contributed by atoms with van der Waals surface area (Å²) in [5, 5.41) is 5.94. The minimum atomic E-state index is -4.64. The lowest BCUT2D eigenvalue weighted by atomic mass is 10.2. The summed E-state index contributed by atoms with van der Waals surface area (Å²) in [4.78, 5) is 15.7. The van der Waals surface area contributed by atoms with Crippen molar-refractivity contribution in [3.05, 3.63) is 42.0 Å². The Kier molecular flexibility index (Phi) is 3.73. The molecule has 0 radical (unpaired) electrons. The largest absolute Gasteiger partial charge is 0.433 e. The number of rotatable bonds is 3. The highest BCUT2D eigenvalue weighted by Gasteiger charge is 2.39. The maximum atomic E-state index is 13.0. The second-order valence-corrected chi connectivity index (χ2v) is 3.92. The zero-order valence-corrected chi connectivity index (χ0v) is 10.5. The molecular weight excluding hydrogens is 273 g/mol. The van der Waals surface area contributed by atoms with E-state index < -0.39 is 23.3 Å². The summed E-state index contributed by atoms with van der Waals surface area (Å²) in [6.07, 6.45) is -0.895. The van der Waals surface area contributed by atoms with Gasteiger partial charge in [-0.1, -0.05) is 0 Å². The van der Waals surface area contributed by atoms with E-state index in [0.29, 0.717) is 5.69 Å². The molecule has 0 fully saturated rings. The van der Waals surface area contributed by atoms with E-state index in [1.165, 1.54) is 25.4 Å². The van der Waals surface area contributed by atoms with Gasteiger partial charge in [0.05, 0.1) is 23.6 Å². The first kappa shape index (κ1) is 14.0. The third-order valence-corrected chi connectivity index (χ3v) is 2.57. The first-order chi connectivity index (χ1) is 9.43. The van der Waals surface area contributed by atoms with Crippen LogP contribution in [0.4, 0.5) is 18.9 Å². The van der Waals surface area contributed by atoms with Gasteiger partial charge < -0.3 is 5.32 Å². The molecule has 0 spiro atoms. The number of pyridine rings is 1. The summed E-state index contributed by atoms with van der Waals surface area (Å²) < 4.78 is 39.7. The molecule has 2 heterocycles. The fraction of sp³-hybridized carbons (Fsp3) is 0.250. The molecule has 0 aliphatic carbocycles. The molecule has 0 saturated heterocycles. The van der Waals surface area contributed by atoms with E-state index in [2.05, 4.69) is 15.4 Å². The molecule has 0 saturated carbocycles. The van der Waals surface area contributed by atoms with Crippen molar-refractivity contribution in [3.63, 3.8) is 0 Å². The van der Waals surface area contributed by atoms with Gasteiger partial charge in [0.1, 0.15) is 0 Å². The van der Waals surface area contributed by atoms with Crippen molar-refractivity contribution in [3.8, 4) is 0 Å². The Morgan fingerprint density at radius 2 is 2.15 bits per heavy atom. The zero-order valence-electron chi connectivity index (χ0n) is 10.5. The van der Waals surface area contributed by atoms with Gasteiger partial charge >= 0.3 is 6.18 Å². The minimum absolute atomic E-state index is 0.0228. The summed E-state index contributed by atoms with van der Waals surface area (Å²) in [6.45, 7) is 1.54. The number of carbonyl (C=O) groups excluding carboxylic acids is 1. The van der Waals surface area contributed by atoms with E-state index in [1.807, 2.05) is 0 Å². The van der Waals surface area contributed by atoms with Crippen LogP contribution in [0.3, 0.4) is 0 Å². The van der Waals surface area contributed by atoms with Crippen molar-refractivity contribution in [2.75, 3.05) is 5.32 Å². The van der Waals surface area contributed by atoms with Gasteiger partial charge in [0.25, 0.3) is 5.91 Å². The molecule has 2 aromatic heterocycles. The molecule has 0 aliphatic rings. The lowest BCUT2D eigenvalue weighted by molar-refractivity contribution is -0.144. The topological polar surface area (TPSA) is 59.8 Å². The SMILES string of the molecule is CCn1ncc(C(=O)Nc2cccnc2)c1C(F)(F)F. The fourth-order valence-electron chi connectivity index (χ4n) is 1.73. The van der Waals surface area contributed by atoms with Crippen LogP contribution in [-0.2, 0) is 12.7 Å². The molecule has 2 aromatic rings. The van der Waals surface area contributed by atoms with Crippen LogP contribution in [-0.4, -0.2) is 20.7 Å². The van der Waals surface area contributed by atoms with Gasteiger partial charge in [0.2, 0.25) is 0 Å². The number of halogens is 3. The predicted molar refractivity (Wildman–Crippen MR) is 65.1 cm³/mol. The van der Waals surface area contributed by atoms with E-state index >= 15 is 0 Å². The van der Waals surface area contributed by atoms with Crippen LogP contribution < -0.4 is 5.32 Å². The molecule has 0 atom stereocenters. The van der Waals surface area contributed by atoms with Crippen LogP contribution in [0, 0.1) is 0 Å². The number of alkyl halides is 3. The van der Waals surface area contributed by atoms with Crippen molar-refractivity contribution in [2.45, 2.75) is 19.6 Å². The van der Waals surface area contributed by atoms with Crippen LogP contribution >= 0.6 is 0 Å². The average molecular weight is 284 g/mol. The number of hydrogen-bond acceptors (Lipinski definition) is 3. The van der Waals surface area contributed by atoms with Gasteiger partial charge in [-0.15, -0.1) is 0 Å². The normalized spacial score (nSPS) is 11.4. The van der Waals surface area contributed by atoms with E-state index in [-0.39, 0.29) is 6.54 Å². The number of aromatic nitrogens is 3. The van der Waals surface area contributed by atoms with Gasteiger partial charge in [0, 0.05) is 12.7 Å². The molecular formula is C12H11F3N4O. The van der Waals surface area contributed by atoms with Gasteiger partial charge in [0.15, 0.2) is 5.69 Å². The number of carbonyl (C=O) groups is 1. The van der Waals surface area contributed by atoms with Crippen LogP contribution in [0.15, 0.2) is 30.7 Å². The fourth-order valence-corrected chi connectivity index (χ4v) is 1.73. The van der Waals surface area contributed by atoms with Crippen LogP contribution in [0.5, 0.6) is 0 Å². The monoisotopic (exact) mass is 284 g/mol. The van der Waals surface area contributed by atoms with Crippen molar-refractivity contribution < 1.29 is 18.0 Å². The smallest absolute Gasteiger partial charge is 0.320 e. The van der Waals surface area contributed by atoms with Crippen molar-refractivity contribution in [1.29, 1.82) is 0 Å². The van der Waals surface area contributed by atoms with Gasteiger partial charge in [-0.3, -0.25) is 14.5 Å². The third-order valence-electron chi connectivity index (χ3n) is 2.57. The number of amides is 1. The molecule has 2 rings (SSSR count). The Hall–Kier alpha value is -2.38. The van der Waals surface area contributed by atoms with Gasteiger partial charge in [-0.25, -0.2) is 0 Å². The maximum Gasteiger partial charge on any atom is 0.433 e. The number of nitrogens with one attached hydrogen (secondary N) is 1. The van der Waals surface area contributed by atoms with E-state index in [0.717, 1.165) is 10.9 Å². The molecule has 0 aromatic carbocycles. The summed E-state index contributed by atoms with van der Waals surface area (Å²) in [6, 6.07) is 3.10. The molecule has 106 valence electrons. The molecule has 20 heavy (non-hydrogen) atoms. The first-order valence-corrected chi connectivity index (χ1v) is 5.78. The number of nitrogens with zero attached hydrogens (tertiary/aromatic N) is 3. The standard InChI is InChI=1S/C12H11F3N4O/c1-2-19-10(12(13,14)15)9(7-17-19)11(20)18-8-4-3-5-16-6-8/h3-7H,2H2,1H3,(H,18,20). The molecule has 5 nitrogen and oxygen atoms in total. The Bertz CT molecular complexity index is 607. The van der Waals surface area contributed by atoms with Gasteiger partial charge in [-0.05, 0) is 19.1 Å². The number of anilines is 1. The summed E-state index contributed by atoms with van der Waals surface area (Å²) in [5.41, 5.74) is -1.25. The van der Waals surface area contributed by atoms with Crippen molar-refractivity contribution >= 4 is 11.6 Å². The molecule has 0 bridgehead atoms. The van der Waals surface area contributed by atoms with E-state index in [9.17, 15) is 18.0 Å². The van der Waals surface area contributed by atoms with Gasteiger partial charge in [-0.2, -0.15) is 18.3 Å². The van der Waals surface area contributed by atoms with Crippen LogP contribution in [0.2, 0.25) is 0 Å². The second kappa shape index (κ2) is 5.32. The quantitative estimate of drug-likeness (QED) is 0.942. The average Bonchev–Trinajstić information content (AvgIpc) is 2.83. The van der Waals surface area contributed by atoms with Crippen LogP contribution in [0.25, 0.3) is 0 Å². The summed E-state index contributed by atoms with van der Waals surface area (Å²) in [7, 11) is 0. The Morgan fingerprint density at radius 1 is 1.40 bits per heavy atom. The predicted octanol–water partition coefficient (Wildman–Crippen LogP) is 2.57. The lowest BCUT2D eigenvalue weighted by Gasteiger charge is -2.11. The Balaban J connectivity index is 2.33. The van der Waals surface area contributed by atoms with Crippen molar-refractivity contribution in [2.24, 2.45) is 0 Å². The molecule has 1 amide bonds. The van der Waals surface area contributed by atoms with E-state index in [4.69, 9.17) is 0 Å². The highest BCUT2D eigenvalue weighted by molar-refractivity contribution is 6.04. The highest BCUT2D eigenvalue weighted by Crippen LogP contribution is 2.32. The maximum absolute atomic E-state index is 13.0. The molecule has 0 aliphatic heterocycles.